The summed E-state index contributed by atoms with van der Waals surface area (Å²) in [4.78, 5) is 0. The van der Waals surface area contributed by atoms with E-state index in [2.05, 4.69) is 34.3 Å². The smallest absolute Gasteiger partial charge is 0.180 e. The van der Waals surface area contributed by atoms with E-state index in [1.54, 1.807) is 12.1 Å². The standard InChI is InChI=1S/C17H26N6OS2/c1-4-6-25-16(18)22-20-10-13-8-12(3)9-14(15(13)24)11-21-23-17(19)26-7-5-2/h8-11,24H,4-7H2,1-3H3,(H2,18,22)(H2,19,23)/b20-10+,21-11+. The molecule has 0 saturated heterocycles. The van der Waals surface area contributed by atoms with Crippen LogP contribution in [0.4, 0.5) is 0 Å². The highest BCUT2D eigenvalue weighted by molar-refractivity contribution is 8.14. The van der Waals surface area contributed by atoms with Gasteiger partial charge in [0.2, 0.25) is 0 Å². The quantitative estimate of drug-likeness (QED) is 0.355. The van der Waals surface area contributed by atoms with Gasteiger partial charge in [0, 0.05) is 22.6 Å². The summed E-state index contributed by atoms with van der Waals surface area (Å²) >= 11 is 2.89. The van der Waals surface area contributed by atoms with Gasteiger partial charge in [-0.1, -0.05) is 37.4 Å². The van der Waals surface area contributed by atoms with Gasteiger partial charge in [-0.05, 0) is 37.5 Å². The minimum absolute atomic E-state index is 0.0491. The predicted octanol–water partition coefficient (Wildman–Crippen LogP) is 3.28. The highest BCUT2D eigenvalue weighted by Crippen LogP contribution is 2.22. The minimum atomic E-state index is 0.0491. The van der Waals surface area contributed by atoms with Gasteiger partial charge in [-0.2, -0.15) is 10.2 Å². The van der Waals surface area contributed by atoms with Crippen molar-refractivity contribution in [2.24, 2.45) is 31.9 Å². The molecule has 0 radical (unpaired) electrons. The first kappa shape index (κ1) is 22.0. The van der Waals surface area contributed by atoms with Crippen LogP contribution in [-0.2, 0) is 0 Å². The lowest BCUT2D eigenvalue weighted by Gasteiger charge is -2.04. The molecule has 1 rings (SSSR count). The molecular formula is C17H26N6OS2. The van der Waals surface area contributed by atoms with Gasteiger partial charge in [0.25, 0.3) is 0 Å². The Morgan fingerprint density at radius 3 is 1.77 bits per heavy atom. The lowest BCUT2D eigenvalue weighted by molar-refractivity contribution is 0.473. The van der Waals surface area contributed by atoms with E-state index in [1.165, 1.54) is 36.0 Å². The molecule has 7 nitrogen and oxygen atoms in total. The number of phenolic OH excluding ortho intramolecular Hbond substituents is 1. The Kier molecular flexibility index (Phi) is 10.5. The number of rotatable bonds is 8. The van der Waals surface area contributed by atoms with Crippen LogP contribution in [0.2, 0.25) is 0 Å². The van der Waals surface area contributed by atoms with Crippen LogP contribution in [0, 0.1) is 6.92 Å². The number of nitrogens with two attached hydrogens (primary N) is 2. The fourth-order valence-corrected chi connectivity index (χ4v) is 2.84. The van der Waals surface area contributed by atoms with Gasteiger partial charge in [0.05, 0.1) is 12.4 Å². The molecule has 5 N–H and O–H groups in total. The Bertz CT molecular complexity index is 645. The van der Waals surface area contributed by atoms with Crippen LogP contribution in [0.1, 0.15) is 43.4 Å². The van der Waals surface area contributed by atoms with E-state index < -0.39 is 0 Å². The van der Waals surface area contributed by atoms with Crippen molar-refractivity contribution in [3.63, 3.8) is 0 Å². The molecule has 0 spiro atoms. The molecule has 0 saturated carbocycles. The summed E-state index contributed by atoms with van der Waals surface area (Å²) in [5, 5.41) is 26.9. The maximum atomic E-state index is 10.4. The zero-order chi connectivity index (χ0) is 19.4. The van der Waals surface area contributed by atoms with Crippen LogP contribution in [-0.4, -0.2) is 39.4 Å². The highest BCUT2D eigenvalue weighted by atomic mass is 32.2. The second kappa shape index (κ2) is 12.4. The van der Waals surface area contributed by atoms with Crippen LogP contribution in [0.5, 0.6) is 5.75 Å². The molecule has 0 atom stereocenters. The van der Waals surface area contributed by atoms with Gasteiger partial charge in [-0.3, -0.25) is 0 Å². The van der Waals surface area contributed by atoms with Crippen LogP contribution >= 0.6 is 23.5 Å². The molecule has 0 fully saturated rings. The van der Waals surface area contributed by atoms with Gasteiger partial charge >= 0.3 is 0 Å². The van der Waals surface area contributed by atoms with Gasteiger partial charge in [0.15, 0.2) is 10.3 Å². The van der Waals surface area contributed by atoms with Crippen molar-refractivity contribution >= 4 is 46.3 Å². The average molecular weight is 395 g/mol. The minimum Gasteiger partial charge on any atom is -0.507 e. The molecule has 0 heterocycles. The molecule has 0 aromatic heterocycles. The van der Waals surface area contributed by atoms with E-state index in [-0.39, 0.29) is 5.75 Å². The molecule has 1 aromatic rings. The maximum absolute atomic E-state index is 10.4. The predicted molar refractivity (Wildman–Crippen MR) is 117 cm³/mol. The second-order valence-corrected chi connectivity index (χ2v) is 7.58. The van der Waals surface area contributed by atoms with E-state index >= 15 is 0 Å². The highest BCUT2D eigenvalue weighted by Gasteiger charge is 2.06. The number of nitrogens with zero attached hydrogens (tertiary/aromatic N) is 4. The molecule has 9 heteroatoms. The molecule has 0 aliphatic rings. The van der Waals surface area contributed by atoms with Crippen molar-refractivity contribution in [1.82, 2.24) is 0 Å². The normalized spacial score (nSPS) is 13.2. The van der Waals surface area contributed by atoms with Crippen LogP contribution in [0.25, 0.3) is 0 Å². The molecule has 0 unspecified atom stereocenters. The molecule has 1 aromatic carbocycles. The van der Waals surface area contributed by atoms with Crippen molar-refractivity contribution in [2.75, 3.05) is 11.5 Å². The SMILES string of the molecule is CCCS/C(N)=N\N=C\c1cc(C)cc(/C=N/N=C(\N)SCCC)c1O. The number of aryl methyl sites for hydroxylation is 1. The van der Waals surface area contributed by atoms with Crippen molar-refractivity contribution in [2.45, 2.75) is 33.6 Å². The number of hydrogen-bond donors (Lipinski definition) is 3. The van der Waals surface area contributed by atoms with E-state index in [0.29, 0.717) is 21.5 Å². The fraction of sp³-hybridized carbons (Fsp3) is 0.412. The Labute approximate surface area is 163 Å². The van der Waals surface area contributed by atoms with E-state index in [1.807, 2.05) is 6.92 Å². The van der Waals surface area contributed by atoms with E-state index in [9.17, 15) is 5.11 Å². The molecule has 0 aliphatic heterocycles. The third-order valence-corrected chi connectivity index (χ3v) is 4.91. The Morgan fingerprint density at radius 1 is 0.962 bits per heavy atom. The number of amidine groups is 2. The number of benzene rings is 1. The van der Waals surface area contributed by atoms with Crippen LogP contribution < -0.4 is 11.5 Å². The van der Waals surface area contributed by atoms with Gasteiger partial charge < -0.3 is 16.6 Å². The Balaban J connectivity index is 2.91. The Morgan fingerprint density at radius 2 is 1.38 bits per heavy atom. The first-order valence-corrected chi connectivity index (χ1v) is 10.3. The van der Waals surface area contributed by atoms with Crippen molar-refractivity contribution in [1.29, 1.82) is 0 Å². The Hall–Kier alpha value is -2.00. The van der Waals surface area contributed by atoms with Gasteiger partial charge in [-0.15, -0.1) is 10.2 Å². The fourth-order valence-electron chi connectivity index (χ4n) is 1.80. The average Bonchev–Trinajstić information content (AvgIpc) is 2.61. The lowest BCUT2D eigenvalue weighted by atomic mass is 10.1. The molecular weight excluding hydrogens is 368 g/mol. The van der Waals surface area contributed by atoms with Crippen LogP contribution in [0.15, 0.2) is 32.5 Å². The molecule has 0 amide bonds. The van der Waals surface area contributed by atoms with Crippen molar-refractivity contribution < 1.29 is 5.11 Å². The molecule has 0 bridgehead atoms. The maximum Gasteiger partial charge on any atom is 0.180 e. The van der Waals surface area contributed by atoms with Crippen LogP contribution in [0.3, 0.4) is 0 Å². The summed E-state index contributed by atoms with van der Waals surface area (Å²) in [6.07, 6.45) is 4.95. The molecule has 26 heavy (non-hydrogen) atoms. The number of thioether (sulfide) groups is 2. The summed E-state index contributed by atoms with van der Waals surface area (Å²) in [6.45, 7) is 6.05. The first-order chi connectivity index (χ1) is 12.5. The summed E-state index contributed by atoms with van der Waals surface area (Å²) < 4.78 is 0. The monoisotopic (exact) mass is 394 g/mol. The van der Waals surface area contributed by atoms with E-state index in [0.717, 1.165) is 29.9 Å². The largest absolute Gasteiger partial charge is 0.507 e. The topological polar surface area (TPSA) is 122 Å². The molecule has 0 aliphatic carbocycles. The zero-order valence-corrected chi connectivity index (χ0v) is 17.0. The summed E-state index contributed by atoms with van der Waals surface area (Å²) in [6, 6.07) is 3.60. The number of hydrogen-bond acceptors (Lipinski definition) is 7. The van der Waals surface area contributed by atoms with Gasteiger partial charge in [-0.25, -0.2) is 0 Å². The van der Waals surface area contributed by atoms with Crippen molar-refractivity contribution in [3.05, 3.63) is 28.8 Å². The van der Waals surface area contributed by atoms with E-state index in [4.69, 9.17) is 11.5 Å². The second-order valence-electron chi connectivity index (χ2n) is 5.35. The number of phenols is 1. The third-order valence-electron chi connectivity index (χ3n) is 2.93. The third kappa shape index (κ3) is 8.39. The van der Waals surface area contributed by atoms with Gasteiger partial charge in [0.1, 0.15) is 5.75 Å². The summed E-state index contributed by atoms with van der Waals surface area (Å²) in [7, 11) is 0. The first-order valence-electron chi connectivity index (χ1n) is 8.30. The summed E-state index contributed by atoms with van der Waals surface area (Å²) in [5.74, 6) is 1.83. The molecule has 142 valence electrons. The van der Waals surface area contributed by atoms with Crippen molar-refractivity contribution in [3.8, 4) is 5.75 Å². The number of aromatic hydroxyl groups is 1. The summed E-state index contributed by atoms with van der Waals surface area (Å²) in [5.41, 5.74) is 13.5. The zero-order valence-electron chi connectivity index (χ0n) is 15.3. The lowest BCUT2D eigenvalue weighted by Crippen LogP contribution is -2.06.